The Kier molecular flexibility index (Phi) is 6.92. The summed E-state index contributed by atoms with van der Waals surface area (Å²) in [5.41, 5.74) is 2.65. The Balaban J connectivity index is 2.35. The largest absolute Gasteiger partial charge is 0.480 e. The quantitative estimate of drug-likeness (QED) is 0.607. The Morgan fingerprint density at radius 2 is 1.57 bits per heavy atom. The van der Waals surface area contributed by atoms with E-state index in [0.717, 1.165) is 11.1 Å². The maximum Gasteiger partial charge on any atom is 0.322 e. The molecule has 0 bridgehead atoms. The third-order valence-corrected chi connectivity index (χ3v) is 3.29. The standard InChI is InChI=1S/C16H20N2O5/c1-10-3-4-12(7-11(10)2)13(19)5-6-14(20)17-8-15(21)18-9-16(22)23/h3-4,7H,5-6,8-9H2,1-2H3,(H,17,20)(H,18,21)(H,22,23). The van der Waals surface area contributed by atoms with Gasteiger partial charge < -0.3 is 15.7 Å². The van der Waals surface area contributed by atoms with E-state index in [4.69, 9.17) is 5.11 Å². The normalized spacial score (nSPS) is 10.0. The molecule has 0 aliphatic carbocycles. The van der Waals surface area contributed by atoms with Crippen molar-refractivity contribution in [3.05, 3.63) is 34.9 Å². The van der Waals surface area contributed by atoms with Gasteiger partial charge >= 0.3 is 5.97 Å². The summed E-state index contributed by atoms with van der Waals surface area (Å²) in [6, 6.07) is 5.37. The van der Waals surface area contributed by atoms with Gasteiger partial charge in [-0.1, -0.05) is 12.1 Å². The van der Waals surface area contributed by atoms with Gasteiger partial charge in [-0.3, -0.25) is 19.2 Å². The van der Waals surface area contributed by atoms with Crippen LogP contribution in [0.1, 0.15) is 34.3 Å². The lowest BCUT2D eigenvalue weighted by Crippen LogP contribution is -2.39. The molecule has 0 saturated heterocycles. The second kappa shape index (κ2) is 8.67. The number of nitrogens with one attached hydrogen (secondary N) is 2. The molecule has 0 aliphatic rings. The van der Waals surface area contributed by atoms with Crippen molar-refractivity contribution in [1.29, 1.82) is 0 Å². The van der Waals surface area contributed by atoms with Crippen molar-refractivity contribution in [2.45, 2.75) is 26.7 Å². The van der Waals surface area contributed by atoms with Crippen LogP contribution in [0.15, 0.2) is 18.2 Å². The van der Waals surface area contributed by atoms with Crippen molar-refractivity contribution >= 4 is 23.6 Å². The molecule has 0 spiro atoms. The van der Waals surface area contributed by atoms with Gasteiger partial charge in [0.05, 0.1) is 6.54 Å². The zero-order chi connectivity index (χ0) is 17.4. The molecule has 7 nitrogen and oxygen atoms in total. The third-order valence-electron chi connectivity index (χ3n) is 3.29. The zero-order valence-electron chi connectivity index (χ0n) is 13.1. The Morgan fingerprint density at radius 3 is 2.17 bits per heavy atom. The van der Waals surface area contributed by atoms with Crippen LogP contribution in [0.25, 0.3) is 0 Å². The van der Waals surface area contributed by atoms with Crippen LogP contribution in [0.5, 0.6) is 0 Å². The second-order valence-electron chi connectivity index (χ2n) is 5.17. The number of benzene rings is 1. The van der Waals surface area contributed by atoms with Crippen LogP contribution >= 0.6 is 0 Å². The summed E-state index contributed by atoms with van der Waals surface area (Å²) < 4.78 is 0. The number of hydrogen-bond donors (Lipinski definition) is 3. The number of carboxylic acid groups (broad SMARTS) is 1. The molecule has 0 heterocycles. The topological polar surface area (TPSA) is 113 Å². The van der Waals surface area contributed by atoms with Crippen molar-refractivity contribution in [2.75, 3.05) is 13.1 Å². The van der Waals surface area contributed by atoms with E-state index >= 15 is 0 Å². The summed E-state index contributed by atoms with van der Waals surface area (Å²) >= 11 is 0. The number of carbonyl (C=O) groups is 4. The average molecular weight is 320 g/mol. The summed E-state index contributed by atoms with van der Waals surface area (Å²) in [6.45, 7) is 3.05. The lowest BCUT2D eigenvalue weighted by molar-refractivity contribution is -0.137. The van der Waals surface area contributed by atoms with Crippen molar-refractivity contribution in [2.24, 2.45) is 0 Å². The number of Topliss-reactive ketones (excluding diaryl/α,β-unsaturated/α-hetero) is 1. The number of amides is 2. The smallest absolute Gasteiger partial charge is 0.322 e. The summed E-state index contributed by atoms with van der Waals surface area (Å²) in [5.74, 6) is -2.34. The monoisotopic (exact) mass is 320 g/mol. The van der Waals surface area contributed by atoms with Crippen molar-refractivity contribution in [1.82, 2.24) is 10.6 Å². The molecule has 2 amide bonds. The van der Waals surface area contributed by atoms with Gasteiger partial charge in [-0.2, -0.15) is 0 Å². The number of hydrogen-bond acceptors (Lipinski definition) is 4. The molecule has 0 saturated carbocycles. The third kappa shape index (κ3) is 6.73. The minimum absolute atomic E-state index is 0.0298. The first kappa shape index (κ1) is 18.3. The van der Waals surface area contributed by atoms with Gasteiger partial charge in [0.2, 0.25) is 11.8 Å². The van der Waals surface area contributed by atoms with Gasteiger partial charge in [0.25, 0.3) is 0 Å². The molecule has 124 valence electrons. The second-order valence-corrected chi connectivity index (χ2v) is 5.17. The van der Waals surface area contributed by atoms with Gasteiger partial charge in [-0.05, 0) is 31.0 Å². The van der Waals surface area contributed by atoms with Gasteiger partial charge in [0, 0.05) is 18.4 Å². The molecule has 0 atom stereocenters. The summed E-state index contributed by atoms with van der Waals surface area (Å²) in [7, 11) is 0. The average Bonchev–Trinajstić information content (AvgIpc) is 2.51. The Morgan fingerprint density at radius 1 is 0.913 bits per heavy atom. The number of rotatable bonds is 8. The lowest BCUT2D eigenvalue weighted by Gasteiger charge is -2.06. The van der Waals surface area contributed by atoms with E-state index in [1.807, 2.05) is 19.9 Å². The fraction of sp³-hybridized carbons (Fsp3) is 0.375. The van der Waals surface area contributed by atoms with Crippen LogP contribution in [0.4, 0.5) is 0 Å². The van der Waals surface area contributed by atoms with E-state index in [9.17, 15) is 19.2 Å². The van der Waals surface area contributed by atoms with Crippen molar-refractivity contribution in [3.63, 3.8) is 0 Å². The van der Waals surface area contributed by atoms with E-state index in [2.05, 4.69) is 10.6 Å². The highest BCUT2D eigenvalue weighted by Crippen LogP contribution is 2.12. The highest BCUT2D eigenvalue weighted by molar-refractivity contribution is 5.98. The van der Waals surface area contributed by atoms with Crippen LogP contribution < -0.4 is 10.6 Å². The summed E-state index contributed by atoms with van der Waals surface area (Å²) in [4.78, 5) is 45.1. The number of carbonyl (C=O) groups excluding carboxylic acids is 3. The summed E-state index contributed by atoms with van der Waals surface area (Å²) in [6.07, 6.45) is 0.0169. The number of aryl methyl sites for hydroxylation is 2. The molecule has 7 heteroatoms. The Hall–Kier alpha value is -2.70. The van der Waals surface area contributed by atoms with E-state index < -0.39 is 24.3 Å². The SMILES string of the molecule is Cc1ccc(C(=O)CCC(=O)NCC(=O)NCC(=O)O)cc1C. The zero-order valence-corrected chi connectivity index (χ0v) is 13.1. The van der Waals surface area contributed by atoms with Crippen LogP contribution in [0.3, 0.4) is 0 Å². The first-order valence-corrected chi connectivity index (χ1v) is 7.15. The van der Waals surface area contributed by atoms with Crippen LogP contribution in [-0.4, -0.2) is 41.8 Å². The highest BCUT2D eigenvalue weighted by atomic mass is 16.4. The maximum absolute atomic E-state index is 12.0. The first-order valence-electron chi connectivity index (χ1n) is 7.15. The fourth-order valence-electron chi connectivity index (χ4n) is 1.79. The van der Waals surface area contributed by atoms with E-state index in [0.29, 0.717) is 5.56 Å². The molecular formula is C16H20N2O5. The molecule has 1 aromatic rings. The number of carboxylic acids is 1. The maximum atomic E-state index is 12.0. The van der Waals surface area contributed by atoms with E-state index in [1.165, 1.54) is 0 Å². The molecule has 0 fully saturated rings. The van der Waals surface area contributed by atoms with Gasteiger partial charge in [0.1, 0.15) is 6.54 Å². The summed E-state index contributed by atoms with van der Waals surface area (Å²) in [5, 5.41) is 12.8. The highest BCUT2D eigenvalue weighted by Gasteiger charge is 2.11. The predicted molar refractivity (Wildman–Crippen MR) is 83.1 cm³/mol. The minimum Gasteiger partial charge on any atom is -0.480 e. The van der Waals surface area contributed by atoms with Crippen molar-refractivity contribution in [3.8, 4) is 0 Å². The molecular weight excluding hydrogens is 300 g/mol. The van der Waals surface area contributed by atoms with Gasteiger partial charge in [0.15, 0.2) is 5.78 Å². The van der Waals surface area contributed by atoms with Crippen molar-refractivity contribution < 1.29 is 24.3 Å². The van der Waals surface area contributed by atoms with Gasteiger partial charge in [-0.15, -0.1) is 0 Å². The molecule has 0 radical (unpaired) electrons. The molecule has 0 unspecified atom stereocenters. The molecule has 23 heavy (non-hydrogen) atoms. The Bertz CT molecular complexity index is 625. The molecule has 1 aromatic carbocycles. The number of aliphatic carboxylic acids is 1. The minimum atomic E-state index is -1.16. The predicted octanol–water partition coefficient (Wildman–Crippen LogP) is 0.583. The lowest BCUT2D eigenvalue weighted by atomic mass is 10.0. The molecule has 0 aromatic heterocycles. The fourth-order valence-corrected chi connectivity index (χ4v) is 1.79. The molecule has 3 N–H and O–H groups in total. The van der Waals surface area contributed by atoms with Crippen LogP contribution in [0, 0.1) is 13.8 Å². The van der Waals surface area contributed by atoms with Gasteiger partial charge in [-0.25, -0.2) is 0 Å². The van der Waals surface area contributed by atoms with E-state index in [1.54, 1.807) is 12.1 Å². The number of ketones is 1. The van der Waals surface area contributed by atoms with E-state index in [-0.39, 0.29) is 25.2 Å². The Labute approximate surface area is 134 Å². The molecule has 0 aliphatic heterocycles. The van der Waals surface area contributed by atoms with Crippen LogP contribution in [0.2, 0.25) is 0 Å². The first-order chi connectivity index (χ1) is 10.8. The van der Waals surface area contributed by atoms with Crippen LogP contribution in [-0.2, 0) is 14.4 Å². The molecule has 1 rings (SSSR count).